The van der Waals surface area contributed by atoms with Crippen molar-refractivity contribution in [2.75, 3.05) is 4.93 Å². The van der Waals surface area contributed by atoms with Gasteiger partial charge in [0, 0.05) is 0 Å². The first-order valence-corrected chi connectivity index (χ1v) is 7.49. The molecule has 3 nitrogen and oxygen atoms in total. The summed E-state index contributed by atoms with van der Waals surface area (Å²) in [5, 5.41) is 10.6. The van der Waals surface area contributed by atoms with Gasteiger partial charge in [0.05, 0.1) is 0 Å². The van der Waals surface area contributed by atoms with Gasteiger partial charge in [0.15, 0.2) is 0 Å². The molecule has 0 radical (unpaired) electrons. The van der Waals surface area contributed by atoms with Gasteiger partial charge in [0.2, 0.25) is 0 Å². The molecular formula is C9H9F2INO2-. The SMILES string of the molecule is C[I-]C(C)c1cc(F)c(F)cc1[N+](=O)[O-]. The number of nitro benzene ring substituents is 1. The minimum atomic E-state index is -1.17. The Morgan fingerprint density at radius 1 is 1.40 bits per heavy atom. The van der Waals surface area contributed by atoms with Crippen LogP contribution >= 0.6 is 0 Å². The summed E-state index contributed by atoms with van der Waals surface area (Å²) in [7, 11) is 0. The predicted molar refractivity (Wildman–Crippen MR) is 47.4 cm³/mol. The van der Waals surface area contributed by atoms with Crippen LogP contribution in [0.5, 0.6) is 0 Å². The van der Waals surface area contributed by atoms with E-state index >= 15 is 0 Å². The number of rotatable bonds is 3. The second-order valence-corrected chi connectivity index (χ2v) is 6.03. The van der Waals surface area contributed by atoms with Gasteiger partial charge >= 0.3 is 95.8 Å². The molecule has 0 aliphatic heterocycles. The van der Waals surface area contributed by atoms with Gasteiger partial charge in [-0.3, -0.25) is 0 Å². The number of nitrogens with zero attached hydrogens (tertiary/aromatic N) is 1. The van der Waals surface area contributed by atoms with Crippen molar-refractivity contribution in [2.45, 2.75) is 10.8 Å². The van der Waals surface area contributed by atoms with E-state index in [1.54, 1.807) is 6.92 Å². The molecule has 0 aliphatic rings. The van der Waals surface area contributed by atoms with E-state index in [0.717, 1.165) is 6.07 Å². The Balaban J connectivity index is 3.34. The molecule has 0 spiro atoms. The van der Waals surface area contributed by atoms with E-state index in [1.165, 1.54) is 0 Å². The molecule has 1 unspecified atom stereocenters. The summed E-state index contributed by atoms with van der Waals surface area (Å²) in [4.78, 5) is 11.9. The summed E-state index contributed by atoms with van der Waals surface area (Å²) in [5.41, 5.74) is -0.0443. The number of hydrogen-bond acceptors (Lipinski definition) is 2. The van der Waals surface area contributed by atoms with Gasteiger partial charge in [-0.15, -0.1) is 0 Å². The molecule has 0 amide bonds. The molecule has 0 aromatic heterocycles. The summed E-state index contributed by atoms with van der Waals surface area (Å²) < 4.78 is 25.7. The van der Waals surface area contributed by atoms with E-state index in [9.17, 15) is 18.9 Å². The predicted octanol–water partition coefficient (Wildman–Crippen LogP) is -0.347. The second-order valence-electron chi connectivity index (χ2n) is 2.92. The molecule has 0 aliphatic carbocycles. The van der Waals surface area contributed by atoms with E-state index in [2.05, 4.69) is 0 Å². The molecule has 15 heavy (non-hydrogen) atoms. The van der Waals surface area contributed by atoms with E-state index < -0.39 is 16.6 Å². The first-order chi connectivity index (χ1) is 6.97. The third kappa shape index (κ3) is 2.61. The van der Waals surface area contributed by atoms with Crippen molar-refractivity contribution in [1.29, 1.82) is 0 Å². The van der Waals surface area contributed by atoms with Gasteiger partial charge in [-0.05, 0) is 0 Å². The van der Waals surface area contributed by atoms with Crippen LogP contribution in [0.15, 0.2) is 12.1 Å². The standard InChI is InChI=1S/C9H9F2INO2/c1-5(12-2)6-3-7(10)8(11)4-9(6)13(14)15/h3-5H,1-2H3/q-1. The van der Waals surface area contributed by atoms with E-state index in [4.69, 9.17) is 0 Å². The normalized spacial score (nSPS) is 12.8. The van der Waals surface area contributed by atoms with E-state index in [-0.39, 0.29) is 36.4 Å². The number of nitro groups is 1. The first-order valence-electron chi connectivity index (χ1n) is 4.08. The average Bonchev–Trinajstić information content (AvgIpc) is 2.20. The molecule has 0 heterocycles. The monoisotopic (exact) mass is 328 g/mol. The van der Waals surface area contributed by atoms with E-state index in [0.29, 0.717) is 6.07 Å². The van der Waals surface area contributed by atoms with Crippen LogP contribution in [0.4, 0.5) is 14.5 Å². The number of alkyl halides is 2. The first kappa shape index (κ1) is 12.3. The maximum atomic E-state index is 12.9. The van der Waals surface area contributed by atoms with Gasteiger partial charge in [0.25, 0.3) is 0 Å². The zero-order valence-electron chi connectivity index (χ0n) is 8.13. The molecule has 1 atom stereocenters. The summed E-state index contributed by atoms with van der Waals surface area (Å²) in [6.45, 7) is 1.78. The molecule has 0 fully saturated rings. The van der Waals surface area contributed by atoms with Crippen LogP contribution in [-0.2, 0) is 0 Å². The van der Waals surface area contributed by atoms with Crippen molar-refractivity contribution >= 4 is 5.69 Å². The molecular weight excluding hydrogens is 319 g/mol. The van der Waals surface area contributed by atoms with Gasteiger partial charge in [-0.1, -0.05) is 0 Å². The van der Waals surface area contributed by atoms with Gasteiger partial charge in [-0.25, -0.2) is 0 Å². The van der Waals surface area contributed by atoms with Crippen molar-refractivity contribution < 1.29 is 34.9 Å². The van der Waals surface area contributed by atoms with Crippen molar-refractivity contribution in [3.63, 3.8) is 0 Å². The summed E-state index contributed by atoms with van der Waals surface area (Å²) in [6.07, 6.45) is 0. The topological polar surface area (TPSA) is 43.1 Å². The fraction of sp³-hybridized carbons (Fsp3) is 0.333. The maximum absolute atomic E-state index is 12.9. The number of benzene rings is 1. The molecule has 0 N–H and O–H groups in total. The minimum absolute atomic E-state index is 0.0562. The molecule has 1 aromatic rings. The molecule has 6 heteroatoms. The molecule has 0 saturated carbocycles. The van der Waals surface area contributed by atoms with Crippen molar-refractivity contribution in [2.24, 2.45) is 0 Å². The molecule has 1 aromatic carbocycles. The average molecular weight is 328 g/mol. The van der Waals surface area contributed by atoms with Crippen LogP contribution in [0.2, 0.25) is 0 Å². The van der Waals surface area contributed by atoms with Crippen LogP contribution in [0.1, 0.15) is 16.4 Å². The summed E-state index contributed by atoms with van der Waals surface area (Å²) >= 11 is -0.293. The third-order valence-corrected chi connectivity index (χ3v) is 4.56. The Bertz CT molecular complexity index is 398. The summed E-state index contributed by atoms with van der Waals surface area (Å²) in [6, 6.07) is 1.59. The van der Waals surface area contributed by atoms with E-state index in [1.807, 2.05) is 4.93 Å². The Morgan fingerprint density at radius 3 is 2.40 bits per heavy atom. The summed E-state index contributed by atoms with van der Waals surface area (Å²) in [5.74, 6) is -2.20. The Hall–Kier alpha value is -0.790. The van der Waals surface area contributed by atoms with Gasteiger partial charge < -0.3 is 0 Å². The third-order valence-electron chi connectivity index (χ3n) is 2.02. The zero-order chi connectivity index (χ0) is 11.6. The Kier molecular flexibility index (Phi) is 3.95. The number of halogens is 3. The van der Waals surface area contributed by atoms with Crippen LogP contribution in [0.25, 0.3) is 0 Å². The Morgan fingerprint density at radius 2 is 1.93 bits per heavy atom. The quantitative estimate of drug-likeness (QED) is 0.330. The van der Waals surface area contributed by atoms with Crippen LogP contribution in [-0.4, -0.2) is 9.85 Å². The number of hydrogen-bond donors (Lipinski definition) is 0. The fourth-order valence-corrected chi connectivity index (χ4v) is 2.32. The Labute approximate surface area is 95.9 Å². The second kappa shape index (κ2) is 4.82. The van der Waals surface area contributed by atoms with Crippen LogP contribution in [0, 0.1) is 21.7 Å². The molecule has 0 saturated heterocycles. The van der Waals surface area contributed by atoms with Gasteiger partial charge in [0.1, 0.15) is 0 Å². The van der Waals surface area contributed by atoms with Crippen LogP contribution in [0.3, 0.4) is 0 Å². The molecule has 1 rings (SSSR count). The van der Waals surface area contributed by atoms with Crippen molar-refractivity contribution in [3.05, 3.63) is 39.4 Å². The van der Waals surface area contributed by atoms with Crippen molar-refractivity contribution in [3.8, 4) is 0 Å². The van der Waals surface area contributed by atoms with Gasteiger partial charge in [-0.2, -0.15) is 0 Å². The molecule has 84 valence electrons. The zero-order valence-corrected chi connectivity index (χ0v) is 10.3. The molecule has 0 bridgehead atoms. The van der Waals surface area contributed by atoms with Crippen molar-refractivity contribution in [1.82, 2.24) is 0 Å². The van der Waals surface area contributed by atoms with Crippen LogP contribution < -0.4 is 21.2 Å². The fourth-order valence-electron chi connectivity index (χ4n) is 1.15.